The number of nitriles is 1. The van der Waals surface area contributed by atoms with Gasteiger partial charge in [-0.3, -0.25) is 4.79 Å². The van der Waals surface area contributed by atoms with E-state index in [2.05, 4.69) is 0 Å². The van der Waals surface area contributed by atoms with Crippen LogP contribution in [0.25, 0.3) is 11.1 Å². The molecule has 3 rings (SSSR count). The summed E-state index contributed by atoms with van der Waals surface area (Å²) in [5, 5.41) is 9.38. The fourth-order valence-electron chi connectivity index (χ4n) is 2.99. The predicted octanol–water partition coefficient (Wildman–Crippen LogP) is 4.13. The summed E-state index contributed by atoms with van der Waals surface area (Å²) >= 11 is 6.09. The lowest BCUT2D eigenvalue weighted by atomic mass is 10.0. The summed E-state index contributed by atoms with van der Waals surface area (Å²) in [4.78, 5) is 14.5. The lowest BCUT2D eigenvalue weighted by Crippen LogP contribution is -2.42. The fraction of sp³-hybridized carbons (Fsp3) is 0.300. The van der Waals surface area contributed by atoms with E-state index in [0.29, 0.717) is 22.8 Å². The molecule has 25 heavy (non-hydrogen) atoms. The van der Waals surface area contributed by atoms with E-state index in [1.165, 1.54) is 0 Å². The van der Waals surface area contributed by atoms with Crippen LogP contribution in [0.1, 0.15) is 28.8 Å². The van der Waals surface area contributed by atoms with Crippen LogP contribution in [0.2, 0.25) is 5.02 Å². The summed E-state index contributed by atoms with van der Waals surface area (Å²) in [5.41, 5.74) is 2.81. The van der Waals surface area contributed by atoms with Crippen molar-refractivity contribution in [2.75, 3.05) is 20.8 Å². The van der Waals surface area contributed by atoms with Crippen molar-refractivity contribution in [2.45, 2.75) is 18.4 Å². The highest BCUT2D eigenvalue weighted by molar-refractivity contribution is 6.32. The number of hydrogen-bond acceptors (Lipinski definition) is 3. The Morgan fingerprint density at radius 2 is 1.88 bits per heavy atom. The summed E-state index contributed by atoms with van der Waals surface area (Å²) in [5.74, 6) is -0.000962. The zero-order chi connectivity index (χ0) is 18.0. The van der Waals surface area contributed by atoms with Crippen LogP contribution in [-0.4, -0.2) is 37.1 Å². The molecule has 0 atom stereocenters. The Balaban J connectivity index is 1.79. The summed E-state index contributed by atoms with van der Waals surface area (Å²) in [6, 6.07) is 14.8. The highest BCUT2D eigenvalue weighted by atomic mass is 35.5. The topological polar surface area (TPSA) is 53.3 Å². The minimum absolute atomic E-state index is 0.000962. The van der Waals surface area contributed by atoms with Gasteiger partial charge < -0.3 is 9.64 Å². The number of nitrogens with zero attached hydrogens (tertiary/aromatic N) is 2. The molecule has 0 unspecified atom stereocenters. The van der Waals surface area contributed by atoms with E-state index >= 15 is 0 Å². The molecular formula is C20H19ClN2O2. The molecule has 1 saturated carbocycles. The highest BCUT2D eigenvalue weighted by Crippen LogP contribution is 2.41. The first-order chi connectivity index (χ1) is 12.0. The number of rotatable bonds is 5. The molecule has 0 aromatic heterocycles. The molecule has 1 fully saturated rings. The number of carbonyl (C=O) groups excluding carboxylic acids is 1. The molecular weight excluding hydrogens is 336 g/mol. The van der Waals surface area contributed by atoms with E-state index < -0.39 is 0 Å². The molecule has 128 valence electrons. The number of amides is 1. The van der Waals surface area contributed by atoms with Gasteiger partial charge in [0.05, 0.1) is 22.7 Å². The molecule has 5 heteroatoms. The van der Waals surface area contributed by atoms with Gasteiger partial charge in [-0.25, -0.2) is 0 Å². The molecule has 0 aliphatic heterocycles. The smallest absolute Gasteiger partial charge is 0.254 e. The van der Waals surface area contributed by atoms with Gasteiger partial charge in [-0.15, -0.1) is 0 Å². The van der Waals surface area contributed by atoms with Crippen LogP contribution in [0.15, 0.2) is 42.5 Å². The number of carbonyl (C=O) groups is 1. The number of methoxy groups -OCH3 is 1. The Hall–Kier alpha value is -2.35. The van der Waals surface area contributed by atoms with Gasteiger partial charge in [0.2, 0.25) is 0 Å². The molecule has 1 amide bonds. The van der Waals surface area contributed by atoms with Gasteiger partial charge in [-0.1, -0.05) is 29.8 Å². The fourth-order valence-corrected chi connectivity index (χ4v) is 3.21. The van der Waals surface area contributed by atoms with Crippen molar-refractivity contribution in [3.63, 3.8) is 0 Å². The van der Waals surface area contributed by atoms with Crippen LogP contribution in [0, 0.1) is 11.3 Å². The molecule has 0 saturated heterocycles. The molecule has 0 N–H and O–H groups in total. The van der Waals surface area contributed by atoms with Crippen molar-refractivity contribution < 1.29 is 9.53 Å². The van der Waals surface area contributed by atoms with Crippen LogP contribution < -0.4 is 0 Å². The summed E-state index contributed by atoms with van der Waals surface area (Å²) in [6.45, 7) is 0.567. The second-order valence-corrected chi connectivity index (χ2v) is 6.81. The molecule has 0 bridgehead atoms. The zero-order valence-electron chi connectivity index (χ0n) is 14.3. The molecule has 1 aliphatic rings. The van der Waals surface area contributed by atoms with E-state index in [-0.39, 0.29) is 11.4 Å². The van der Waals surface area contributed by atoms with Crippen LogP contribution in [0.5, 0.6) is 0 Å². The molecule has 0 heterocycles. The standard InChI is InChI=1S/C20H19ClN2O2/c1-23(20(9-10-20)13-25-2)19(24)15-5-3-14(4-6-15)16-7-8-17(12-22)18(21)11-16/h3-8,11H,9-10,13H2,1-2H3. The lowest BCUT2D eigenvalue weighted by Gasteiger charge is -2.27. The number of hydrogen-bond donors (Lipinski definition) is 0. The second kappa shape index (κ2) is 6.87. The van der Waals surface area contributed by atoms with Crippen molar-refractivity contribution in [3.05, 3.63) is 58.6 Å². The van der Waals surface area contributed by atoms with Crippen LogP contribution in [0.4, 0.5) is 0 Å². The van der Waals surface area contributed by atoms with E-state index in [0.717, 1.165) is 24.0 Å². The average molecular weight is 355 g/mol. The lowest BCUT2D eigenvalue weighted by molar-refractivity contribution is 0.0551. The Morgan fingerprint density at radius 3 is 2.40 bits per heavy atom. The minimum atomic E-state index is -0.148. The number of halogens is 1. The Morgan fingerprint density at radius 1 is 1.24 bits per heavy atom. The van der Waals surface area contributed by atoms with E-state index in [9.17, 15) is 4.79 Å². The maximum Gasteiger partial charge on any atom is 0.254 e. The summed E-state index contributed by atoms with van der Waals surface area (Å²) in [7, 11) is 3.50. The van der Waals surface area contributed by atoms with Crippen molar-refractivity contribution >= 4 is 17.5 Å². The molecule has 2 aromatic rings. The maximum absolute atomic E-state index is 12.7. The highest BCUT2D eigenvalue weighted by Gasteiger charge is 2.48. The quantitative estimate of drug-likeness (QED) is 0.811. The van der Waals surface area contributed by atoms with Gasteiger partial charge in [0.1, 0.15) is 6.07 Å². The molecule has 1 aliphatic carbocycles. The normalized spacial score (nSPS) is 14.6. The van der Waals surface area contributed by atoms with Crippen LogP contribution in [0.3, 0.4) is 0 Å². The largest absolute Gasteiger partial charge is 0.382 e. The van der Waals surface area contributed by atoms with Crippen LogP contribution in [-0.2, 0) is 4.74 Å². The van der Waals surface area contributed by atoms with E-state index in [1.54, 1.807) is 24.1 Å². The van der Waals surface area contributed by atoms with Crippen molar-refractivity contribution in [1.82, 2.24) is 4.90 Å². The molecule has 0 radical (unpaired) electrons. The number of ether oxygens (including phenoxy) is 1. The SMILES string of the molecule is COCC1(N(C)C(=O)c2ccc(-c3ccc(C#N)c(Cl)c3)cc2)CC1. The second-order valence-electron chi connectivity index (χ2n) is 6.41. The predicted molar refractivity (Wildman–Crippen MR) is 97.5 cm³/mol. The average Bonchev–Trinajstić information content (AvgIpc) is 3.41. The van der Waals surface area contributed by atoms with Gasteiger partial charge in [0.15, 0.2) is 0 Å². The third kappa shape index (κ3) is 3.39. The van der Waals surface area contributed by atoms with Gasteiger partial charge in [0.25, 0.3) is 5.91 Å². The van der Waals surface area contributed by atoms with Crippen molar-refractivity contribution in [2.24, 2.45) is 0 Å². The monoisotopic (exact) mass is 354 g/mol. The molecule has 2 aromatic carbocycles. The van der Waals surface area contributed by atoms with E-state index in [4.69, 9.17) is 21.6 Å². The Kier molecular flexibility index (Phi) is 4.80. The third-order valence-electron chi connectivity index (χ3n) is 4.81. The van der Waals surface area contributed by atoms with Crippen LogP contribution >= 0.6 is 11.6 Å². The molecule has 0 spiro atoms. The molecule has 4 nitrogen and oxygen atoms in total. The summed E-state index contributed by atoms with van der Waals surface area (Å²) < 4.78 is 5.25. The van der Waals surface area contributed by atoms with Gasteiger partial charge in [0, 0.05) is 19.7 Å². The van der Waals surface area contributed by atoms with Gasteiger partial charge in [-0.05, 0) is 48.2 Å². The van der Waals surface area contributed by atoms with Crippen molar-refractivity contribution in [3.8, 4) is 17.2 Å². The maximum atomic E-state index is 12.7. The number of likely N-dealkylation sites (N-methyl/N-ethyl adjacent to an activating group) is 1. The first-order valence-electron chi connectivity index (χ1n) is 8.08. The summed E-state index contributed by atoms with van der Waals surface area (Å²) in [6.07, 6.45) is 1.95. The number of benzene rings is 2. The minimum Gasteiger partial charge on any atom is -0.382 e. The zero-order valence-corrected chi connectivity index (χ0v) is 15.0. The first kappa shape index (κ1) is 17.5. The third-order valence-corrected chi connectivity index (χ3v) is 5.12. The first-order valence-corrected chi connectivity index (χ1v) is 8.46. The van der Waals surface area contributed by atoms with Crippen molar-refractivity contribution in [1.29, 1.82) is 5.26 Å². The van der Waals surface area contributed by atoms with Gasteiger partial charge >= 0.3 is 0 Å². The Bertz CT molecular complexity index is 836. The van der Waals surface area contributed by atoms with Gasteiger partial charge in [-0.2, -0.15) is 5.26 Å². The van der Waals surface area contributed by atoms with E-state index in [1.807, 2.05) is 43.4 Å². The Labute approximate surface area is 152 Å².